The Hall–Kier alpha value is -4.83. The third kappa shape index (κ3) is 10.7. The number of carbonyl (C=O) groups is 4. The van der Waals surface area contributed by atoms with Crippen molar-refractivity contribution < 1.29 is 29.0 Å². The lowest BCUT2D eigenvalue weighted by molar-refractivity contribution is -0.144. The van der Waals surface area contributed by atoms with Crippen LogP contribution in [0.25, 0.3) is 11.2 Å². The number of ether oxygens (including phenoxy) is 1. The van der Waals surface area contributed by atoms with E-state index in [-0.39, 0.29) is 50.0 Å². The second-order valence-corrected chi connectivity index (χ2v) is 12.4. The van der Waals surface area contributed by atoms with Gasteiger partial charge in [0.1, 0.15) is 18.2 Å². The van der Waals surface area contributed by atoms with E-state index in [4.69, 9.17) is 16.2 Å². The molecule has 0 fully saturated rings. The number of aryl methyl sites for hydroxylation is 2. The maximum atomic E-state index is 12.8. The standard InChI is InChI=1S/C30H32N8O6S2/c31-27-26-28(38-30(32)37-27)35-16-21(36-26)10-6-18-4-7-19(8-5-18)22(39)15-20(29(42)43)9-11-23(40)34-17-25(41)44-13-14-45-46-24-3-1-2-12-33-24/h1-5,7-8,12,16,20H,6,9-11,13-15,17H2,(H,34,40)(H,42,43)(H4,31,32,35,37,38)/t20-/m1/s1. The summed E-state index contributed by atoms with van der Waals surface area (Å²) in [6.45, 7) is -0.158. The number of hydrogen-bond donors (Lipinski definition) is 4. The van der Waals surface area contributed by atoms with Gasteiger partial charge in [0.2, 0.25) is 11.9 Å². The molecule has 16 heteroatoms. The maximum Gasteiger partial charge on any atom is 0.325 e. The van der Waals surface area contributed by atoms with Crippen LogP contribution < -0.4 is 16.8 Å². The molecule has 1 aromatic carbocycles. The summed E-state index contributed by atoms with van der Waals surface area (Å²) in [6.07, 6.45) is 3.96. The van der Waals surface area contributed by atoms with Crippen LogP contribution in [-0.4, -0.2) is 72.6 Å². The zero-order chi connectivity index (χ0) is 32.9. The number of nitrogens with zero attached hydrogens (tertiary/aromatic N) is 5. The summed E-state index contributed by atoms with van der Waals surface area (Å²) >= 11 is 0. The van der Waals surface area contributed by atoms with E-state index in [2.05, 4.69) is 30.2 Å². The van der Waals surface area contributed by atoms with Gasteiger partial charge in [-0.15, -0.1) is 0 Å². The predicted octanol–water partition coefficient (Wildman–Crippen LogP) is 2.92. The number of hydrogen-bond acceptors (Lipinski definition) is 14. The van der Waals surface area contributed by atoms with E-state index in [1.54, 1.807) is 36.7 Å². The van der Waals surface area contributed by atoms with E-state index >= 15 is 0 Å². The zero-order valence-corrected chi connectivity index (χ0v) is 26.3. The number of Topliss-reactive ketones (excluding diaryl/α,β-unsaturated/α-hetero) is 1. The average Bonchev–Trinajstić information content (AvgIpc) is 3.05. The molecule has 0 aliphatic carbocycles. The number of carboxylic acid groups (broad SMARTS) is 1. The van der Waals surface area contributed by atoms with Crippen LogP contribution in [0.1, 0.15) is 40.9 Å². The third-order valence-electron chi connectivity index (χ3n) is 6.59. The van der Waals surface area contributed by atoms with Gasteiger partial charge in [0, 0.05) is 30.4 Å². The number of fused-ring (bicyclic) bond motifs is 1. The number of pyridine rings is 1. The fourth-order valence-electron chi connectivity index (χ4n) is 4.19. The molecule has 0 radical (unpaired) electrons. The smallest absolute Gasteiger partial charge is 0.325 e. The molecule has 14 nitrogen and oxygen atoms in total. The highest BCUT2D eigenvalue weighted by atomic mass is 33.1. The van der Waals surface area contributed by atoms with Crippen LogP contribution in [0.15, 0.2) is 59.9 Å². The van der Waals surface area contributed by atoms with E-state index in [1.807, 2.05) is 18.2 Å². The van der Waals surface area contributed by atoms with Crippen molar-refractivity contribution in [2.24, 2.45) is 5.92 Å². The Morgan fingerprint density at radius 1 is 0.978 bits per heavy atom. The minimum Gasteiger partial charge on any atom is -0.481 e. The number of carbonyl (C=O) groups excluding carboxylic acids is 3. The Balaban J connectivity index is 1.16. The molecule has 1 amide bonds. The van der Waals surface area contributed by atoms with Gasteiger partial charge in [-0.25, -0.2) is 15.0 Å². The highest BCUT2D eigenvalue weighted by Gasteiger charge is 2.23. The summed E-state index contributed by atoms with van der Waals surface area (Å²) in [5.74, 6) is -2.97. The number of nitrogens with one attached hydrogen (secondary N) is 1. The van der Waals surface area contributed by atoms with Gasteiger partial charge in [0.25, 0.3) is 0 Å². The average molecular weight is 665 g/mol. The normalized spacial score (nSPS) is 11.6. The Morgan fingerprint density at radius 3 is 2.52 bits per heavy atom. The topological polar surface area (TPSA) is 226 Å². The Bertz CT molecular complexity index is 1680. The SMILES string of the molecule is Nc1nc(N)c2nc(CCc3ccc(C(=O)C[C@@H](CCC(=O)NCC(=O)OCCSSc4ccccn4)C(=O)O)cc3)cnc2n1. The number of esters is 1. The lowest BCUT2D eigenvalue weighted by atomic mass is 9.93. The minimum atomic E-state index is -1.18. The molecule has 6 N–H and O–H groups in total. The summed E-state index contributed by atoms with van der Waals surface area (Å²) in [5.41, 5.74) is 14.2. The Labute approximate surface area is 271 Å². The second-order valence-electron chi connectivity index (χ2n) is 9.97. The van der Waals surface area contributed by atoms with E-state index in [9.17, 15) is 24.3 Å². The zero-order valence-electron chi connectivity index (χ0n) is 24.6. The van der Waals surface area contributed by atoms with Gasteiger partial charge in [-0.1, -0.05) is 41.1 Å². The van der Waals surface area contributed by atoms with Crippen molar-refractivity contribution in [3.8, 4) is 0 Å². The molecule has 240 valence electrons. The lowest BCUT2D eigenvalue weighted by Crippen LogP contribution is -2.31. The molecule has 1 atom stereocenters. The number of benzene rings is 1. The van der Waals surface area contributed by atoms with Crippen molar-refractivity contribution in [2.75, 3.05) is 30.4 Å². The first-order valence-corrected chi connectivity index (χ1v) is 16.5. The molecular formula is C30H32N8O6S2. The largest absolute Gasteiger partial charge is 0.481 e. The van der Waals surface area contributed by atoms with Gasteiger partial charge < -0.3 is 26.6 Å². The highest BCUT2D eigenvalue weighted by molar-refractivity contribution is 8.76. The molecule has 4 aromatic rings. The monoisotopic (exact) mass is 664 g/mol. The van der Waals surface area contributed by atoms with Gasteiger partial charge in [-0.3, -0.25) is 19.2 Å². The maximum absolute atomic E-state index is 12.8. The fraction of sp³-hybridized carbons (Fsp3) is 0.300. The first-order chi connectivity index (χ1) is 22.2. The molecule has 0 unspecified atom stereocenters. The van der Waals surface area contributed by atoms with Crippen LogP contribution in [0.4, 0.5) is 11.8 Å². The first-order valence-electron chi connectivity index (χ1n) is 14.2. The molecule has 46 heavy (non-hydrogen) atoms. The summed E-state index contributed by atoms with van der Waals surface area (Å²) in [5, 5.41) is 12.9. The molecule has 3 aromatic heterocycles. The van der Waals surface area contributed by atoms with Crippen LogP contribution >= 0.6 is 21.6 Å². The van der Waals surface area contributed by atoms with Crippen LogP contribution in [-0.2, 0) is 32.0 Å². The fourth-order valence-corrected chi connectivity index (χ4v) is 5.90. The van der Waals surface area contributed by atoms with Gasteiger partial charge in [0.15, 0.2) is 22.8 Å². The number of nitrogens with two attached hydrogens (primary N) is 2. The number of anilines is 2. The minimum absolute atomic E-state index is 0.0229. The lowest BCUT2D eigenvalue weighted by Gasteiger charge is -2.12. The summed E-state index contributed by atoms with van der Waals surface area (Å²) < 4.78 is 5.10. The van der Waals surface area contributed by atoms with Crippen molar-refractivity contribution in [1.82, 2.24) is 30.2 Å². The quantitative estimate of drug-likeness (QED) is 0.0551. The number of ketones is 1. The highest BCUT2D eigenvalue weighted by Crippen LogP contribution is 2.28. The van der Waals surface area contributed by atoms with Crippen LogP contribution in [0.5, 0.6) is 0 Å². The summed E-state index contributed by atoms with van der Waals surface area (Å²) in [7, 11) is 2.95. The van der Waals surface area contributed by atoms with Crippen molar-refractivity contribution in [3.05, 3.63) is 71.7 Å². The molecular weight excluding hydrogens is 633 g/mol. The molecule has 0 saturated heterocycles. The Morgan fingerprint density at radius 2 is 1.78 bits per heavy atom. The molecule has 0 bridgehead atoms. The molecule has 0 spiro atoms. The Kier molecular flexibility index (Phi) is 12.6. The summed E-state index contributed by atoms with van der Waals surface area (Å²) in [6, 6.07) is 12.5. The van der Waals surface area contributed by atoms with Gasteiger partial charge in [-0.2, -0.15) is 9.97 Å². The first kappa shape index (κ1) is 34.1. The number of aromatic nitrogens is 5. The van der Waals surface area contributed by atoms with E-state index in [1.165, 1.54) is 21.6 Å². The van der Waals surface area contributed by atoms with Crippen molar-refractivity contribution in [2.45, 2.75) is 37.1 Å². The van der Waals surface area contributed by atoms with E-state index < -0.39 is 23.8 Å². The molecule has 0 aliphatic rings. The molecule has 0 aliphatic heterocycles. The number of carboxylic acids is 1. The van der Waals surface area contributed by atoms with Gasteiger partial charge in [0.05, 0.1) is 17.8 Å². The van der Waals surface area contributed by atoms with Crippen LogP contribution in [0, 0.1) is 5.92 Å². The van der Waals surface area contributed by atoms with Gasteiger partial charge >= 0.3 is 11.9 Å². The van der Waals surface area contributed by atoms with Crippen molar-refractivity contribution >= 4 is 68.1 Å². The second kappa shape index (κ2) is 17.0. The number of nitrogen functional groups attached to an aromatic ring is 2. The van der Waals surface area contributed by atoms with Crippen molar-refractivity contribution in [1.29, 1.82) is 0 Å². The number of amides is 1. The van der Waals surface area contributed by atoms with E-state index in [0.717, 1.165) is 10.6 Å². The molecule has 4 rings (SSSR count). The van der Waals surface area contributed by atoms with E-state index in [0.29, 0.717) is 41.0 Å². The van der Waals surface area contributed by atoms with Gasteiger partial charge in [-0.05, 0) is 47.8 Å². The van der Waals surface area contributed by atoms with Crippen LogP contribution in [0.3, 0.4) is 0 Å². The van der Waals surface area contributed by atoms with Crippen molar-refractivity contribution in [3.63, 3.8) is 0 Å². The predicted molar refractivity (Wildman–Crippen MR) is 174 cm³/mol. The molecule has 3 heterocycles. The summed E-state index contributed by atoms with van der Waals surface area (Å²) in [4.78, 5) is 69.6. The number of aliphatic carboxylic acids is 1. The van der Waals surface area contributed by atoms with Crippen LogP contribution in [0.2, 0.25) is 0 Å². The molecule has 0 saturated carbocycles. The number of rotatable bonds is 17. The third-order valence-corrected chi connectivity index (χ3v) is 8.82.